The smallest absolute Gasteiger partial charge is 0.315 e. The molecule has 1 heterocycles. The van der Waals surface area contributed by atoms with E-state index in [-0.39, 0.29) is 17.8 Å². The number of amides is 1. The normalized spacial score (nSPS) is 21.4. The summed E-state index contributed by atoms with van der Waals surface area (Å²) >= 11 is 0. The Hall–Kier alpha value is -1.39. The lowest BCUT2D eigenvalue weighted by Crippen LogP contribution is -2.24. The van der Waals surface area contributed by atoms with Gasteiger partial charge in [-0.2, -0.15) is 4.98 Å². The van der Waals surface area contributed by atoms with Crippen molar-refractivity contribution in [2.24, 2.45) is 5.92 Å². The number of rotatable bonds is 3. The molecule has 0 bridgehead atoms. The van der Waals surface area contributed by atoms with Gasteiger partial charge in [0.2, 0.25) is 5.91 Å². The molecule has 0 radical (unpaired) electrons. The fourth-order valence-corrected chi connectivity index (χ4v) is 2.37. The lowest BCUT2D eigenvalue weighted by Gasteiger charge is -2.19. The van der Waals surface area contributed by atoms with Crippen LogP contribution in [0.5, 0.6) is 0 Å². The molecule has 17 heavy (non-hydrogen) atoms. The molecule has 2 aliphatic carbocycles. The van der Waals surface area contributed by atoms with Crippen molar-refractivity contribution in [2.75, 3.05) is 5.32 Å². The fraction of sp³-hybridized carbons (Fsp3) is 0.750. The summed E-state index contributed by atoms with van der Waals surface area (Å²) < 4.78 is 5.03. The molecule has 5 heteroatoms. The van der Waals surface area contributed by atoms with Crippen LogP contribution in [-0.2, 0) is 4.79 Å². The molecule has 5 nitrogen and oxygen atoms in total. The van der Waals surface area contributed by atoms with E-state index in [9.17, 15) is 4.79 Å². The van der Waals surface area contributed by atoms with Crippen LogP contribution in [-0.4, -0.2) is 16.0 Å². The predicted molar refractivity (Wildman–Crippen MR) is 61.5 cm³/mol. The number of carbonyl (C=O) groups excluding carboxylic acids is 1. The van der Waals surface area contributed by atoms with Gasteiger partial charge < -0.3 is 4.52 Å². The lowest BCUT2D eigenvalue weighted by molar-refractivity contribution is -0.120. The van der Waals surface area contributed by atoms with Gasteiger partial charge in [0, 0.05) is 11.8 Å². The summed E-state index contributed by atoms with van der Waals surface area (Å²) in [5.41, 5.74) is 0. The molecule has 0 atom stereocenters. The van der Waals surface area contributed by atoms with E-state index in [1.807, 2.05) is 0 Å². The molecule has 1 aromatic rings. The van der Waals surface area contributed by atoms with Gasteiger partial charge >= 0.3 is 6.01 Å². The Bertz CT molecular complexity index is 406. The van der Waals surface area contributed by atoms with Crippen LogP contribution >= 0.6 is 0 Å². The van der Waals surface area contributed by atoms with Gasteiger partial charge in [-0.25, -0.2) is 0 Å². The van der Waals surface area contributed by atoms with Crippen molar-refractivity contribution in [3.05, 3.63) is 5.82 Å². The molecule has 2 aliphatic rings. The van der Waals surface area contributed by atoms with Crippen molar-refractivity contribution in [1.82, 2.24) is 10.1 Å². The van der Waals surface area contributed by atoms with Crippen molar-refractivity contribution < 1.29 is 9.32 Å². The van der Waals surface area contributed by atoms with Crippen LogP contribution < -0.4 is 5.32 Å². The van der Waals surface area contributed by atoms with Crippen molar-refractivity contribution >= 4 is 11.9 Å². The van der Waals surface area contributed by atoms with Gasteiger partial charge in [0.15, 0.2) is 5.82 Å². The highest BCUT2D eigenvalue weighted by Crippen LogP contribution is 2.38. The third kappa shape index (κ3) is 2.48. The lowest BCUT2D eigenvalue weighted by atomic mass is 9.89. The summed E-state index contributed by atoms with van der Waals surface area (Å²) in [6.45, 7) is 0. The quantitative estimate of drug-likeness (QED) is 0.873. The minimum Gasteiger partial charge on any atom is -0.315 e. The Morgan fingerprint density at radius 3 is 2.65 bits per heavy atom. The highest BCUT2D eigenvalue weighted by Gasteiger charge is 2.29. The molecule has 92 valence electrons. The Balaban J connectivity index is 1.58. The average Bonchev–Trinajstić information content (AvgIpc) is 3.12. The average molecular weight is 235 g/mol. The maximum atomic E-state index is 11.9. The van der Waals surface area contributed by atoms with E-state index in [1.165, 1.54) is 6.42 Å². The van der Waals surface area contributed by atoms with E-state index in [2.05, 4.69) is 15.5 Å². The van der Waals surface area contributed by atoms with Gasteiger partial charge in [0.25, 0.3) is 0 Å². The first-order chi connectivity index (χ1) is 8.33. The van der Waals surface area contributed by atoms with Crippen LogP contribution in [0.1, 0.15) is 56.7 Å². The summed E-state index contributed by atoms with van der Waals surface area (Å²) in [5.74, 6) is 1.36. The van der Waals surface area contributed by atoms with E-state index < -0.39 is 0 Å². The number of nitrogens with one attached hydrogen (secondary N) is 1. The summed E-state index contributed by atoms with van der Waals surface area (Å²) in [7, 11) is 0. The van der Waals surface area contributed by atoms with Crippen LogP contribution in [0.15, 0.2) is 4.52 Å². The van der Waals surface area contributed by atoms with Crippen molar-refractivity contribution in [3.8, 4) is 0 Å². The number of carbonyl (C=O) groups is 1. The molecule has 3 rings (SSSR count). The summed E-state index contributed by atoms with van der Waals surface area (Å²) in [6, 6.07) is 0.266. The molecule has 0 unspecified atom stereocenters. The Morgan fingerprint density at radius 1 is 1.18 bits per heavy atom. The minimum atomic E-state index is 0.0377. The molecular weight excluding hydrogens is 218 g/mol. The van der Waals surface area contributed by atoms with E-state index >= 15 is 0 Å². The molecule has 0 saturated heterocycles. The van der Waals surface area contributed by atoms with E-state index in [0.717, 1.165) is 44.3 Å². The van der Waals surface area contributed by atoms with Gasteiger partial charge in [-0.15, -0.1) is 0 Å². The van der Waals surface area contributed by atoms with E-state index in [1.54, 1.807) is 0 Å². The van der Waals surface area contributed by atoms with Gasteiger partial charge in [0.05, 0.1) is 0 Å². The second-order valence-corrected chi connectivity index (χ2v) is 5.06. The van der Waals surface area contributed by atoms with Gasteiger partial charge in [-0.05, 0) is 25.7 Å². The monoisotopic (exact) mass is 235 g/mol. The summed E-state index contributed by atoms with van der Waals surface area (Å²) in [6.07, 6.45) is 7.77. The van der Waals surface area contributed by atoms with Crippen molar-refractivity contribution in [3.63, 3.8) is 0 Å². The second kappa shape index (κ2) is 4.47. The van der Waals surface area contributed by atoms with Crippen LogP contribution in [0, 0.1) is 5.92 Å². The van der Waals surface area contributed by atoms with Crippen LogP contribution in [0.2, 0.25) is 0 Å². The standard InChI is InChI=1S/C12H17N3O2/c16-11(9-4-2-1-3-5-9)14-12-13-10(15-17-12)8-6-7-8/h8-9H,1-7H2,(H,13,14,15,16). The molecule has 1 amide bonds. The fourth-order valence-electron chi connectivity index (χ4n) is 2.37. The van der Waals surface area contributed by atoms with Crippen LogP contribution in [0.3, 0.4) is 0 Å². The molecule has 0 aliphatic heterocycles. The van der Waals surface area contributed by atoms with Gasteiger partial charge in [0.1, 0.15) is 0 Å². The van der Waals surface area contributed by atoms with Gasteiger partial charge in [-0.3, -0.25) is 10.1 Å². The first-order valence-electron chi connectivity index (χ1n) is 6.47. The molecule has 2 saturated carbocycles. The zero-order chi connectivity index (χ0) is 11.7. The number of anilines is 1. The van der Waals surface area contributed by atoms with Gasteiger partial charge in [-0.1, -0.05) is 24.4 Å². The summed E-state index contributed by atoms with van der Waals surface area (Å²) in [4.78, 5) is 16.1. The number of hydrogen-bond donors (Lipinski definition) is 1. The topological polar surface area (TPSA) is 68.0 Å². The maximum absolute atomic E-state index is 11.9. The van der Waals surface area contributed by atoms with E-state index in [4.69, 9.17) is 4.52 Å². The zero-order valence-electron chi connectivity index (χ0n) is 9.82. The van der Waals surface area contributed by atoms with E-state index in [0.29, 0.717) is 5.92 Å². The highest BCUT2D eigenvalue weighted by atomic mass is 16.5. The molecule has 2 fully saturated rings. The molecule has 0 spiro atoms. The van der Waals surface area contributed by atoms with Crippen molar-refractivity contribution in [1.29, 1.82) is 0 Å². The number of nitrogens with zero attached hydrogens (tertiary/aromatic N) is 2. The first kappa shape index (κ1) is 10.7. The Labute approximate surface area is 100.0 Å². The predicted octanol–water partition coefficient (Wildman–Crippen LogP) is 2.47. The van der Waals surface area contributed by atoms with Crippen molar-refractivity contribution in [2.45, 2.75) is 50.9 Å². The minimum absolute atomic E-state index is 0.0377. The zero-order valence-corrected chi connectivity index (χ0v) is 9.82. The van der Waals surface area contributed by atoms with Crippen LogP contribution in [0.4, 0.5) is 6.01 Å². The largest absolute Gasteiger partial charge is 0.328 e. The Morgan fingerprint density at radius 2 is 1.94 bits per heavy atom. The number of hydrogen-bond acceptors (Lipinski definition) is 4. The third-order valence-electron chi connectivity index (χ3n) is 3.59. The van der Waals surface area contributed by atoms with Crippen LogP contribution in [0.25, 0.3) is 0 Å². The first-order valence-corrected chi connectivity index (χ1v) is 6.47. The molecular formula is C12H17N3O2. The Kier molecular flexibility index (Phi) is 2.82. The SMILES string of the molecule is O=C(Nc1nc(C2CC2)no1)C1CCCCC1. The summed E-state index contributed by atoms with van der Waals surface area (Å²) in [5, 5.41) is 6.61. The maximum Gasteiger partial charge on any atom is 0.328 e. The number of aromatic nitrogens is 2. The third-order valence-corrected chi connectivity index (χ3v) is 3.59. The highest BCUT2D eigenvalue weighted by molar-refractivity contribution is 5.90. The molecule has 1 aromatic heterocycles. The molecule has 1 N–H and O–H groups in total. The molecule has 0 aromatic carbocycles. The second-order valence-electron chi connectivity index (χ2n) is 5.06.